The highest BCUT2D eigenvalue weighted by Crippen LogP contribution is 2.21. The van der Waals surface area contributed by atoms with E-state index in [2.05, 4.69) is 50.4 Å². The second-order valence-corrected chi connectivity index (χ2v) is 5.84. The molecule has 1 aromatic carbocycles. The molecule has 1 amide bonds. The number of carbonyl (C=O) groups is 1. The molecule has 2 rings (SSSR count). The summed E-state index contributed by atoms with van der Waals surface area (Å²) in [4.78, 5) is 14.4. The Morgan fingerprint density at radius 1 is 1.38 bits per heavy atom. The summed E-state index contributed by atoms with van der Waals surface area (Å²) in [6.45, 7) is 9.08. The van der Waals surface area contributed by atoms with E-state index in [0.717, 1.165) is 26.1 Å². The molecule has 2 unspecified atom stereocenters. The number of rotatable bonds is 4. The van der Waals surface area contributed by atoms with E-state index in [1.807, 2.05) is 4.90 Å². The highest BCUT2D eigenvalue weighted by molar-refractivity contribution is 5.85. The molecule has 0 aromatic heterocycles. The van der Waals surface area contributed by atoms with Gasteiger partial charge < -0.3 is 10.2 Å². The lowest BCUT2D eigenvalue weighted by molar-refractivity contribution is -0.134. The molecular weight excluding hydrogens is 284 g/mol. The molecule has 1 fully saturated rings. The van der Waals surface area contributed by atoms with Gasteiger partial charge in [-0.1, -0.05) is 38.1 Å². The average Bonchev–Trinajstić information content (AvgIpc) is 2.47. The molecule has 118 valence electrons. The predicted octanol–water partition coefficient (Wildman–Crippen LogP) is 2.98. The SMILES string of the molecule is CCc1ccc(C(C)CC(=O)N2CCNCC2C)cc1.Cl. The van der Waals surface area contributed by atoms with Crippen molar-refractivity contribution in [1.82, 2.24) is 10.2 Å². The summed E-state index contributed by atoms with van der Waals surface area (Å²) in [6, 6.07) is 8.98. The summed E-state index contributed by atoms with van der Waals surface area (Å²) in [5.74, 6) is 0.571. The number of hydrogen-bond donors (Lipinski definition) is 1. The minimum absolute atomic E-state index is 0. The van der Waals surface area contributed by atoms with Crippen molar-refractivity contribution in [1.29, 1.82) is 0 Å². The minimum atomic E-state index is 0. The van der Waals surface area contributed by atoms with E-state index in [9.17, 15) is 4.79 Å². The van der Waals surface area contributed by atoms with Gasteiger partial charge in [0.15, 0.2) is 0 Å². The van der Waals surface area contributed by atoms with Crippen LogP contribution in [0.2, 0.25) is 0 Å². The third-order valence-electron chi connectivity index (χ3n) is 4.26. The van der Waals surface area contributed by atoms with Crippen LogP contribution >= 0.6 is 12.4 Å². The second-order valence-electron chi connectivity index (χ2n) is 5.84. The van der Waals surface area contributed by atoms with E-state index < -0.39 is 0 Å². The minimum Gasteiger partial charge on any atom is -0.337 e. The van der Waals surface area contributed by atoms with Gasteiger partial charge in [0.25, 0.3) is 0 Å². The molecule has 1 heterocycles. The first-order chi connectivity index (χ1) is 9.61. The number of aryl methyl sites for hydroxylation is 1. The zero-order valence-electron chi connectivity index (χ0n) is 13.3. The molecule has 21 heavy (non-hydrogen) atoms. The molecular formula is C17H27ClN2O. The fraction of sp³-hybridized carbons (Fsp3) is 0.588. The number of hydrogen-bond acceptors (Lipinski definition) is 2. The Morgan fingerprint density at radius 3 is 2.62 bits per heavy atom. The third kappa shape index (κ3) is 4.72. The van der Waals surface area contributed by atoms with Gasteiger partial charge in [0.05, 0.1) is 0 Å². The summed E-state index contributed by atoms with van der Waals surface area (Å²) in [5.41, 5.74) is 2.61. The van der Waals surface area contributed by atoms with Gasteiger partial charge in [-0.15, -0.1) is 12.4 Å². The topological polar surface area (TPSA) is 32.3 Å². The first-order valence-corrected chi connectivity index (χ1v) is 7.70. The molecule has 0 spiro atoms. The molecule has 1 N–H and O–H groups in total. The lowest BCUT2D eigenvalue weighted by atomic mass is 9.95. The van der Waals surface area contributed by atoms with Crippen molar-refractivity contribution in [2.75, 3.05) is 19.6 Å². The van der Waals surface area contributed by atoms with Crippen LogP contribution in [-0.4, -0.2) is 36.5 Å². The number of nitrogens with zero attached hydrogens (tertiary/aromatic N) is 1. The molecule has 0 bridgehead atoms. The fourth-order valence-electron chi connectivity index (χ4n) is 2.79. The van der Waals surface area contributed by atoms with Gasteiger partial charge in [-0.3, -0.25) is 4.79 Å². The first-order valence-electron chi connectivity index (χ1n) is 7.70. The fourth-order valence-corrected chi connectivity index (χ4v) is 2.79. The number of carbonyl (C=O) groups excluding carboxylic acids is 1. The quantitative estimate of drug-likeness (QED) is 0.927. The lowest BCUT2D eigenvalue weighted by Gasteiger charge is -2.34. The van der Waals surface area contributed by atoms with Gasteiger partial charge in [-0.25, -0.2) is 0 Å². The molecule has 1 aliphatic rings. The number of piperazine rings is 1. The normalized spacial score (nSPS) is 19.8. The van der Waals surface area contributed by atoms with Gasteiger partial charge in [0, 0.05) is 32.1 Å². The maximum atomic E-state index is 12.4. The van der Waals surface area contributed by atoms with Gasteiger partial charge in [0.1, 0.15) is 0 Å². The van der Waals surface area contributed by atoms with Crippen LogP contribution in [-0.2, 0) is 11.2 Å². The number of halogens is 1. The van der Waals surface area contributed by atoms with Gasteiger partial charge in [-0.2, -0.15) is 0 Å². The van der Waals surface area contributed by atoms with Gasteiger partial charge in [-0.05, 0) is 30.4 Å². The summed E-state index contributed by atoms with van der Waals surface area (Å²) in [7, 11) is 0. The van der Waals surface area contributed by atoms with E-state index in [0.29, 0.717) is 12.5 Å². The molecule has 3 nitrogen and oxygen atoms in total. The summed E-state index contributed by atoms with van der Waals surface area (Å²) in [6.07, 6.45) is 1.67. The summed E-state index contributed by atoms with van der Waals surface area (Å²) < 4.78 is 0. The Hall–Kier alpha value is -1.06. The smallest absolute Gasteiger partial charge is 0.223 e. The molecule has 0 saturated carbocycles. The van der Waals surface area contributed by atoms with Crippen molar-refractivity contribution >= 4 is 18.3 Å². The van der Waals surface area contributed by atoms with Crippen molar-refractivity contribution in [3.05, 3.63) is 35.4 Å². The Balaban J connectivity index is 0.00000220. The highest BCUT2D eigenvalue weighted by atomic mass is 35.5. The third-order valence-corrected chi connectivity index (χ3v) is 4.26. The van der Waals surface area contributed by atoms with Gasteiger partial charge in [0.2, 0.25) is 5.91 Å². The zero-order valence-corrected chi connectivity index (χ0v) is 14.1. The largest absolute Gasteiger partial charge is 0.337 e. The van der Waals surface area contributed by atoms with E-state index in [1.165, 1.54) is 11.1 Å². The lowest BCUT2D eigenvalue weighted by Crippen LogP contribution is -2.52. The first kappa shape index (κ1) is 18.0. The number of amides is 1. The highest BCUT2D eigenvalue weighted by Gasteiger charge is 2.24. The van der Waals surface area contributed by atoms with E-state index in [-0.39, 0.29) is 24.2 Å². The molecule has 2 atom stereocenters. The molecule has 0 aliphatic carbocycles. The van der Waals surface area contributed by atoms with Crippen molar-refractivity contribution < 1.29 is 4.79 Å². The van der Waals surface area contributed by atoms with Crippen LogP contribution in [0, 0.1) is 0 Å². The maximum Gasteiger partial charge on any atom is 0.223 e. The molecule has 0 radical (unpaired) electrons. The second kappa shape index (κ2) is 8.40. The Kier molecular flexibility index (Phi) is 7.20. The van der Waals surface area contributed by atoms with Crippen LogP contribution in [0.4, 0.5) is 0 Å². The molecule has 1 saturated heterocycles. The van der Waals surface area contributed by atoms with Crippen LogP contribution in [0.25, 0.3) is 0 Å². The maximum absolute atomic E-state index is 12.4. The molecule has 1 aromatic rings. The Labute approximate surface area is 134 Å². The number of benzene rings is 1. The van der Waals surface area contributed by atoms with Crippen LogP contribution in [0.3, 0.4) is 0 Å². The van der Waals surface area contributed by atoms with E-state index in [1.54, 1.807) is 0 Å². The van der Waals surface area contributed by atoms with Crippen LogP contribution in [0.1, 0.15) is 44.2 Å². The van der Waals surface area contributed by atoms with Crippen molar-refractivity contribution in [3.8, 4) is 0 Å². The summed E-state index contributed by atoms with van der Waals surface area (Å²) >= 11 is 0. The van der Waals surface area contributed by atoms with Crippen LogP contribution in [0.15, 0.2) is 24.3 Å². The Bertz CT molecular complexity index is 447. The van der Waals surface area contributed by atoms with Gasteiger partial charge >= 0.3 is 0 Å². The van der Waals surface area contributed by atoms with Crippen molar-refractivity contribution in [2.24, 2.45) is 0 Å². The summed E-state index contributed by atoms with van der Waals surface area (Å²) in [5, 5.41) is 3.32. The molecule has 4 heteroatoms. The van der Waals surface area contributed by atoms with Crippen molar-refractivity contribution in [3.63, 3.8) is 0 Å². The standard InChI is InChI=1S/C17H26N2O.ClH/c1-4-15-5-7-16(8-6-15)13(2)11-17(20)19-10-9-18-12-14(19)3;/h5-8,13-14,18H,4,9-12H2,1-3H3;1H. The zero-order chi connectivity index (χ0) is 14.5. The van der Waals surface area contributed by atoms with E-state index >= 15 is 0 Å². The average molecular weight is 311 g/mol. The van der Waals surface area contributed by atoms with E-state index in [4.69, 9.17) is 0 Å². The van der Waals surface area contributed by atoms with Crippen LogP contribution < -0.4 is 5.32 Å². The number of nitrogens with one attached hydrogen (secondary N) is 1. The molecule has 1 aliphatic heterocycles. The van der Waals surface area contributed by atoms with Crippen molar-refractivity contribution in [2.45, 2.75) is 45.6 Å². The monoisotopic (exact) mass is 310 g/mol. The van der Waals surface area contributed by atoms with Crippen LogP contribution in [0.5, 0.6) is 0 Å². The predicted molar refractivity (Wildman–Crippen MR) is 90.1 cm³/mol. The Morgan fingerprint density at radius 2 is 2.05 bits per heavy atom.